The van der Waals surface area contributed by atoms with Crippen molar-refractivity contribution >= 4 is 12.0 Å². The van der Waals surface area contributed by atoms with Crippen molar-refractivity contribution in [2.45, 2.75) is 44.7 Å². The van der Waals surface area contributed by atoms with Crippen molar-refractivity contribution in [1.29, 1.82) is 0 Å². The number of rotatable bonds is 3. The largest absolute Gasteiger partial charge is 0.480 e. The molecule has 0 saturated heterocycles. The highest BCUT2D eigenvalue weighted by molar-refractivity contribution is 5.82. The summed E-state index contributed by atoms with van der Waals surface area (Å²) in [4.78, 5) is 23.5. The maximum atomic E-state index is 11.6. The molecule has 0 heterocycles. The van der Waals surface area contributed by atoms with Gasteiger partial charge in [-0.15, -0.1) is 0 Å². The third-order valence-electron chi connectivity index (χ3n) is 3.12. The van der Waals surface area contributed by atoms with Gasteiger partial charge in [0.1, 0.15) is 6.04 Å². The van der Waals surface area contributed by atoms with Crippen molar-refractivity contribution in [1.82, 2.24) is 10.2 Å². The van der Waals surface area contributed by atoms with E-state index in [4.69, 9.17) is 5.11 Å². The number of carbonyl (C=O) groups excluding carboxylic acids is 1. The van der Waals surface area contributed by atoms with E-state index in [9.17, 15) is 9.59 Å². The molecule has 0 aromatic heterocycles. The van der Waals surface area contributed by atoms with Gasteiger partial charge < -0.3 is 15.3 Å². The molecule has 0 aromatic rings. The number of urea groups is 1. The lowest BCUT2D eigenvalue weighted by Crippen LogP contribution is -2.56. The second-order valence-electron chi connectivity index (χ2n) is 4.47. The van der Waals surface area contributed by atoms with Crippen LogP contribution < -0.4 is 5.32 Å². The Hall–Kier alpha value is -1.26. The lowest BCUT2D eigenvalue weighted by molar-refractivity contribution is -0.141. The van der Waals surface area contributed by atoms with E-state index in [0.29, 0.717) is 0 Å². The molecule has 0 aliphatic heterocycles. The molecule has 1 fully saturated rings. The summed E-state index contributed by atoms with van der Waals surface area (Å²) in [6.07, 6.45) is 3.05. The molecule has 0 aromatic carbocycles. The first kappa shape index (κ1) is 11.8. The van der Waals surface area contributed by atoms with Crippen molar-refractivity contribution in [3.8, 4) is 0 Å². The van der Waals surface area contributed by atoms with Crippen LogP contribution in [0.1, 0.15) is 33.1 Å². The highest BCUT2D eigenvalue weighted by Crippen LogP contribution is 2.30. The normalized spacial score (nSPS) is 19.9. The summed E-state index contributed by atoms with van der Waals surface area (Å²) < 4.78 is 0. The van der Waals surface area contributed by atoms with Gasteiger partial charge in [0.2, 0.25) is 0 Å². The number of hydrogen-bond acceptors (Lipinski definition) is 2. The molecule has 1 saturated carbocycles. The summed E-state index contributed by atoms with van der Waals surface area (Å²) >= 11 is 0. The summed E-state index contributed by atoms with van der Waals surface area (Å²) in [5, 5.41) is 11.6. The monoisotopic (exact) mass is 214 g/mol. The topological polar surface area (TPSA) is 69.6 Å². The Balaban J connectivity index is 2.49. The molecule has 1 aliphatic rings. The molecule has 1 unspecified atom stereocenters. The molecule has 1 atom stereocenters. The number of hydrogen-bond donors (Lipinski definition) is 2. The van der Waals surface area contributed by atoms with Crippen LogP contribution in [-0.4, -0.2) is 40.6 Å². The van der Waals surface area contributed by atoms with Crippen molar-refractivity contribution in [2.24, 2.45) is 0 Å². The van der Waals surface area contributed by atoms with Crippen LogP contribution >= 0.6 is 0 Å². The Morgan fingerprint density at radius 1 is 1.47 bits per heavy atom. The molecular formula is C10H18N2O3. The number of amides is 2. The first-order chi connectivity index (χ1) is 6.86. The van der Waals surface area contributed by atoms with Gasteiger partial charge in [0.25, 0.3) is 0 Å². The van der Waals surface area contributed by atoms with Gasteiger partial charge in [0, 0.05) is 12.6 Å². The third-order valence-corrected chi connectivity index (χ3v) is 3.12. The van der Waals surface area contributed by atoms with Crippen LogP contribution in [0, 0.1) is 0 Å². The quantitative estimate of drug-likeness (QED) is 0.737. The molecule has 15 heavy (non-hydrogen) atoms. The number of carboxylic acid groups (broad SMARTS) is 1. The van der Waals surface area contributed by atoms with Gasteiger partial charge in [-0.3, -0.25) is 0 Å². The molecule has 5 nitrogen and oxygen atoms in total. The number of carbonyl (C=O) groups is 2. The van der Waals surface area contributed by atoms with Crippen molar-refractivity contribution in [3.05, 3.63) is 0 Å². The molecule has 86 valence electrons. The Morgan fingerprint density at radius 2 is 2.00 bits per heavy atom. The smallest absolute Gasteiger partial charge is 0.326 e. The van der Waals surface area contributed by atoms with Crippen LogP contribution in [0.25, 0.3) is 0 Å². The summed E-state index contributed by atoms with van der Waals surface area (Å²) in [5.41, 5.74) is -0.135. The van der Waals surface area contributed by atoms with Gasteiger partial charge in [0.15, 0.2) is 0 Å². The SMILES string of the molecule is CC(C(=O)O)N(C)C(=O)NC1(C)CCC1. The number of carboxylic acids is 1. The van der Waals surface area contributed by atoms with E-state index in [-0.39, 0.29) is 11.6 Å². The second-order valence-corrected chi connectivity index (χ2v) is 4.47. The number of nitrogens with zero attached hydrogens (tertiary/aromatic N) is 1. The van der Waals surface area contributed by atoms with E-state index in [1.807, 2.05) is 6.92 Å². The number of nitrogens with one attached hydrogen (secondary N) is 1. The maximum absolute atomic E-state index is 11.6. The van der Waals surface area contributed by atoms with E-state index in [2.05, 4.69) is 5.32 Å². The standard InChI is InChI=1S/C10H18N2O3/c1-7(8(13)14)12(3)9(15)11-10(2)5-4-6-10/h7H,4-6H2,1-3H3,(H,11,15)(H,13,14). The predicted octanol–water partition coefficient (Wildman–Crippen LogP) is 1.04. The lowest BCUT2D eigenvalue weighted by Gasteiger charge is -2.40. The van der Waals surface area contributed by atoms with E-state index in [1.54, 1.807) is 0 Å². The first-order valence-electron chi connectivity index (χ1n) is 5.13. The van der Waals surface area contributed by atoms with Gasteiger partial charge in [-0.25, -0.2) is 9.59 Å². The molecule has 0 spiro atoms. The van der Waals surface area contributed by atoms with E-state index >= 15 is 0 Å². The molecule has 1 aliphatic carbocycles. The van der Waals surface area contributed by atoms with Crippen LogP contribution in [0.2, 0.25) is 0 Å². The predicted molar refractivity (Wildman–Crippen MR) is 55.6 cm³/mol. The summed E-state index contributed by atoms with van der Waals surface area (Å²) in [6, 6.07) is -1.11. The summed E-state index contributed by atoms with van der Waals surface area (Å²) in [5.74, 6) is -0.994. The third kappa shape index (κ3) is 2.61. The zero-order valence-electron chi connectivity index (χ0n) is 9.41. The molecule has 0 radical (unpaired) electrons. The van der Waals surface area contributed by atoms with Crippen molar-refractivity contribution in [3.63, 3.8) is 0 Å². The van der Waals surface area contributed by atoms with Gasteiger partial charge >= 0.3 is 12.0 Å². The minimum absolute atomic E-state index is 0.135. The second kappa shape index (κ2) is 4.08. The number of likely N-dealkylation sites (N-methyl/N-ethyl adjacent to an activating group) is 1. The highest BCUT2D eigenvalue weighted by Gasteiger charge is 2.35. The Bertz CT molecular complexity index is 274. The summed E-state index contributed by atoms with van der Waals surface area (Å²) in [7, 11) is 1.50. The van der Waals surface area contributed by atoms with Crippen LogP contribution in [0.3, 0.4) is 0 Å². The highest BCUT2D eigenvalue weighted by atomic mass is 16.4. The first-order valence-corrected chi connectivity index (χ1v) is 5.13. The van der Waals surface area contributed by atoms with E-state index in [0.717, 1.165) is 19.3 Å². The number of aliphatic carboxylic acids is 1. The fraction of sp³-hybridized carbons (Fsp3) is 0.800. The van der Waals surface area contributed by atoms with Crippen LogP contribution in [0.15, 0.2) is 0 Å². The average Bonchev–Trinajstić information content (AvgIpc) is 2.12. The molecule has 2 N–H and O–H groups in total. The van der Waals surface area contributed by atoms with Gasteiger partial charge in [0.05, 0.1) is 0 Å². The van der Waals surface area contributed by atoms with Crippen molar-refractivity contribution < 1.29 is 14.7 Å². The van der Waals surface area contributed by atoms with Gasteiger partial charge in [-0.1, -0.05) is 0 Å². The summed E-state index contributed by atoms with van der Waals surface area (Å²) in [6.45, 7) is 3.47. The van der Waals surface area contributed by atoms with E-state index in [1.165, 1.54) is 18.9 Å². The Morgan fingerprint density at radius 3 is 2.33 bits per heavy atom. The van der Waals surface area contributed by atoms with Crippen LogP contribution in [0.4, 0.5) is 4.79 Å². The maximum Gasteiger partial charge on any atom is 0.326 e. The average molecular weight is 214 g/mol. The molecule has 0 bridgehead atoms. The molecule has 1 rings (SSSR count). The molecular weight excluding hydrogens is 196 g/mol. The fourth-order valence-electron chi connectivity index (χ4n) is 1.52. The fourth-order valence-corrected chi connectivity index (χ4v) is 1.52. The zero-order valence-corrected chi connectivity index (χ0v) is 9.41. The van der Waals surface area contributed by atoms with Gasteiger partial charge in [-0.05, 0) is 33.1 Å². The minimum Gasteiger partial charge on any atom is -0.480 e. The zero-order chi connectivity index (χ0) is 11.6. The van der Waals surface area contributed by atoms with Gasteiger partial charge in [-0.2, -0.15) is 0 Å². The van der Waals surface area contributed by atoms with Crippen LogP contribution in [0.5, 0.6) is 0 Å². The minimum atomic E-state index is -0.994. The van der Waals surface area contributed by atoms with Crippen molar-refractivity contribution in [2.75, 3.05) is 7.05 Å². The van der Waals surface area contributed by atoms with Crippen LogP contribution in [-0.2, 0) is 4.79 Å². The Labute approximate surface area is 89.4 Å². The molecule has 2 amide bonds. The lowest BCUT2D eigenvalue weighted by atomic mass is 9.79. The Kier molecular flexibility index (Phi) is 3.21. The van der Waals surface area contributed by atoms with E-state index < -0.39 is 12.0 Å². The molecule has 5 heteroatoms.